The predicted molar refractivity (Wildman–Crippen MR) is 97.4 cm³/mol. The summed E-state index contributed by atoms with van der Waals surface area (Å²) >= 11 is 0. The molecule has 0 spiro atoms. The molecule has 1 amide bonds. The topological polar surface area (TPSA) is 101 Å². The number of nitrogens with one attached hydrogen (secondary N) is 2. The van der Waals surface area contributed by atoms with Crippen LogP contribution in [-0.4, -0.2) is 26.4 Å². The lowest BCUT2D eigenvalue weighted by Crippen LogP contribution is -2.42. The van der Waals surface area contributed by atoms with Crippen LogP contribution in [0.15, 0.2) is 29.2 Å². The first-order valence-corrected chi connectivity index (χ1v) is 10.5. The second kappa shape index (κ2) is 7.05. The third-order valence-corrected chi connectivity index (χ3v) is 7.25. The number of anilines is 1. The number of nitrogens with two attached hydrogens (primary N) is 1. The normalized spacial score (nSPS) is 29.6. The van der Waals surface area contributed by atoms with Crippen LogP contribution in [-0.2, 0) is 14.8 Å². The molecule has 1 aromatic rings. The van der Waals surface area contributed by atoms with Gasteiger partial charge in [0.2, 0.25) is 15.9 Å². The van der Waals surface area contributed by atoms with Crippen molar-refractivity contribution in [3.63, 3.8) is 0 Å². The molecule has 5 unspecified atom stereocenters. The number of rotatable bonds is 6. The Hall–Kier alpha value is -1.44. The molecule has 0 aromatic heterocycles. The van der Waals surface area contributed by atoms with Crippen LogP contribution in [0.4, 0.5) is 5.69 Å². The zero-order chi connectivity index (χ0) is 18.2. The van der Waals surface area contributed by atoms with Gasteiger partial charge in [0.05, 0.1) is 10.8 Å². The van der Waals surface area contributed by atoms with E-state index in [2.05, 4.69) is 10.0 Å². The highest BCUT2D eigenvalue weighted by atomic mass is 32.2. The molecule has 138 valence electrons. The molecule has 2 saturated carbocycles. The summed E-state index contributed by atoms with van der Waals surface area (Å²) < 4.78 is 27.4. The minimum atomic E-state index is -3.59. The summed E-state index contributed by atoms with van der Waals surface area (Å²) in [5, 5.41) is 2.87. The summed E-state index contributed by atoms with van der Waals surface area (Å²) in [6.07, 6.45) is 3.92. The van der Waals surface area contributed by atoms with Crippen LogP contribution in [0.1, 0.15) is 39.5 Å². The summed E-state index contributed by atoms with van der Waals surface area (Å²) in [7, 11) is -3.59. The van der Waals surface area contributed by atoms with Crippen molar-refractivity contribution in [2.45, 2.75) is 56.5 Å². The highest BCUT2D eigenvalue weighted by molar-refractivity contribution is 7.89. The SMILES string of the molecule is CCC(C)NS(=O)(=O)c1cccc(NC(=O)C2C3CCC(C3)C2N)c1. The molecule has 0 radical (unpaired) electrons. The van der Waals surface area contributed by atoms with Gasteiger partial charge in [-0.1, -0.05) is 13.0 Å². The van der Waals surface area contributed by atoms with Gasteiger partial charge in [-0.15, -0.1) is 0 Å². The lowest BCUT2D eigenvalue weighted by molar-refractivity contribution is -0.121. The first kappa shape index (κ1) is 18.4. The van der Waals surface area contributed by atoms with Crippen molar-refractivity contribution in [2.75, 3.05) is 5.32 Å². The zero-order valence-corrected chi connectivity index (χ0v) is 15.6. The molecule has 2 bridgehead atoms. The predicted octanol–water partition coefficient (Wildman–Crippen LogP) is 2.08. The van der Waals surface area contributed by atoms with Crippen molar-refractivity contribution >= 4 is 21.6 Å². The Morgan fingerprint density at radius 2 is 2.04 bits per heavy atom. The van der Waals surface area contributed by atoms with E-state index in [4.69, 9.17) is 5.73 Å². The van der Waals surface area contributed by atoms with Crippen molar-refractivity contribution in [1.29, 1.82) is 0 Å². The molecule has 0 saturated heterocycles. The minimum absolute atomic E-state index is 0.0854. The maximum atomic E-state index is 12.6. The van der Waals surface area contributed by atoms with Gasteiger partial charge in [-0.3, -0.25) is 4.79 Å². The third-order valence-electron chi connectivity index (χ3n) is 5.66. The van der Waals surface area contributed by atoms with Crippen LogP contribution < -0.4 is 15.8 Å². The average Bonchev–Trinajstić information content (AvgIpc) is 3.15. The fourth-order valence-corrected chi connectivity index (χ4v) is 5.48. The van der Waals surface area contributed by atoms with Gasteiger partial charge < -0.3 is 11.1 Å². The maximum Gasteiger partial charge on any atom is 0.240 e. The average molecular weight is 365 g/mol. The molecule has 6 nitrogen and oxygen atoms in total. The van der Waals surface area contributed by atoms with Gasteiger partial charge in [-0.25, -0.2) is 13.1 Å². The van der Waals surface area contributed by atoms with Crippen molar-refractivity contribution in [1.82, 2.24) is 4.72 Å². The standard InChI is InChI=1S/C18H27N3O3S/c1-3-11(2)21-25(23,24)15-6-4-5-14(10-15)20-18(22)16-12-7-8-13(9-12)17(16)19/h4-6,10-13,16-17,21H,3,7-9,19H2,1-2H3,(H,20,22). The molecular weight excluding hydrogens is 338 g/mol. The second-order valence-corrected chi connectivity index (χ2v) is 9.10. The van der Waals surface area contributed by atoms with Crippen LogP contribution in [0.25, 0.3) is 0 Å². The number of sulfonamides is 1. The molecule has 25 heavy (non-hydrogen) atoms. The molecular formula is C18H27N3O3S. The molecule has 0 aliphatic heterocycles. The number of hydrogen-bond acceptors (Lipinski definition) is 4. The first-order chi connectivity index (χ1) is 11.8. The Morgan fingerprint density at radius 1 is 1.32 bits per heavy atom. The van der Waals surface area contributed by atoms with Gasteiger partial charge in [0.25, 0.3) is 0 Å². The van der Waals surface area contributed by atoms with E-state index in [0.717, 1.165) is 19.3 Å². The molecule has 4 N–H and O–H groups in total. The van der Waals surface area contributed by atoms with Gasteiger partial charge in [0, 0.05) is 17.8 Å². The van der Waals surface area contributed by atoms with Crippen LogP contribution in [0, 0.1) is 17.8 Å². The Kier molecular flexibility index (Phi) is 5.18. The van der Waals surface area contributed by atoms with E-state index in [-0.39, 0.29) is 28.8 Å². The number of hydrogen-bond donors (Lipinski definition) is 3. The molecule has 0 heterocycles. The quantitative estimate of drug-likeness (QED) is 0.718. The van der Waals surface area contributed by atoms with Gasteiger partial charge in [-0.2, -0.15) is 0 Å². The zero-order valence-electron chi connectivity index (χ0n) is 14.7. The highest BCUT2D eigenvalue weighted by Crippen LogP contribution is 2.47. The minimum Gasteiger partial charge on any atom is -0.327 e. The van der Waals surface area contributed by atoms with Gasteiger partial charge >= 0.3 is 0 Å². The lowest BCUT2D eigenvalue weighted by atomic mass is 9.84. The van der Waals surface area contributed by atoms with E-state index in [1.807, 2.05) is 13.8 Å². The third kappa shape index (κ3) is 3.73. The largest absolute Gasteiger partial charge is 0.327 e. The molecule has 3 rings (SSSR count). The number of carbonyl (C=O) groups is 1. The maximum absolute atomic E-state index is 12.6. The molecule has 2 aliphatic rings. The first-order valence-electron chi connectivity index (χ1n) is 9.00. The van der Waals surface area contributed by atoms with Crippen molar-refractivity contribution in [3.05, 3.63) is 24.3 Å². The highest BCUT2D eigenvalue weighted by Gasteiger charge is 2.49. The monoisotopic (exact) mass is 365 g/mol. The van der Waals surface area contributed by atoms with Crippen LogP contribution >= 0.6 is 0 Å². The Bertz CT molecular complexity index is 748. The molecule has 7 heteroatoms. The summed E-state index contributed by atoms with van der Waals surface area (Å²) in [6, 6.07) is 6.15. The van der Waals surface area contributed by atoms with E-state index < -0.39 is 10.0 Å². The lowest BCUT2D eigenvalue weighted by Gasteiger charge is -2.27. The van der Waals surface area contributed by atoms with Crippen molar-refractivity contribution in [3.8, 4) is 0 Å². The Balaban J connectivity index is 1.73. The molecule has 1 aromatic carbocycles. The Labute approximate surface area is 149 Å². The summed E-state index contributed by atoms with van der Waals surface area (Å²) in [6.45, 7) is 3.74. The van der Waals surface area contributed by atoms with Gasteiger partial charge in [0.1, 0.15) is 0 Å². The van der Waals surface area contributed by atoms with Crippen molar-refractivity contribution in [2.24, 2.45) is 23.5 Å². The van der Waals surface area contributed by atoms with Crippen LogP contribution in [0.3, 0.4) is 0 Å². The van der Waals surface area contributed by atoms with Gasteiger partial charge in [0.15, 0.2) is 0 Å². The molecule has 2 fully saturated rings. The van der Waals surface area contributed by atoms with E-state index in [1.54, 1.807) is 12.1 Å². The number of fused-ring (bicyclic) bond motifs is 2. The van der Waals surface area contributed by atoms with E-state index in [9.17, 15) is 13.2 Å². The van der Waals surface area contributed by atoms with Crippen LogP contribution in [0.2, 0.25) is 0 Å². The van der Waals surface area contributed by atoms with E-state index in [1.165, 1.54) is 12.1 Å². The van der Waals surface area contributed by atoms with Crippen molar-refractivity contribution < 1.29 is 13.2 Å². The fourth-order valence-electron chi connectivity index (χ4n) is 4.11. The van der Waals surface area contributed by atoms with Gasteiger partial charge in [-0.05, 0) is 62.6 Å². The second-order valence-electron chi connectivity index (χ2n) is 7.38. The number of carbonyl (C=O) groups excluding carboxylic acids is 1. The number of benzene rings is 1. The summed E-state index contributed by atoms with van der Waals surface area (Å²) in [5.74, 6) is 0.549. The fraction of sp³-hybridized carbons (Fsp3) is 0.611. The van der Waals surface area contributed by atoms with E-state index in [0.29, 0.717) is 23.9 Å². The molecule has 2 aliphatic carbocycles. The van der Waals surface area contributed by atoms with Crippen LogP contribution in [0.5, 0.6) is 0 Å². The smallest absolute Gasteiger partial charge is 0.240 e. The van der Waals surface area contributed by atoms with E-state index >= 15 is 0 Å². The number of amides is 1. The summed E-state index contributed by atoms with van der Waals surface area (Å²) in [5.41, 5.74) is 6.71. The summed E-state index contributed by atoms with van der Waals surface area (Å²) in [4.78, 5) is 12.8. The Morgan fingerprint density at radius 3 is 2.68 bits per heavy atom. The molecule has 5 atom stereocenters.